The number of piperidine rings is 1. The van der Waals surface area contributed by atoms with Gasteiger partial charge in [-0.25, -0.2) is 13.4 Å². The van der Waals surface area contributed by atoms with E-state index in [1.54, 1.807) is 30.5 Å². The number of hydrogen-bond acceptors (Lipinski definition) is 5. The summed E-state index contributed by atoms with van der Waals surface area (Å²) in [4.78, 5) is 19.1. The Bertz CT molecular complexity index is 1110. The number of thiazole rings is 1. The van der Waals surface area contributed by atoms with Crippen LogP contribution in [0, 0.1) is 0 Å². The van der Waals surface area contributed by atoms with Crippen LogP contribution >= 0.6 is 11.3 Å². The molecule has 1 fully saturated rings. The zero-order valence-electron chi connectivity index (χ0n) is 16.5. The van der Waals surface area contributed by atoms with Crippen LogP contribution in [-0.4, -0.2) is 37.3 Å². The van der Waals surface area contributed by atoms with Gasteiger partial charge in [0, 0.05) is 37.0 Å². The number of hydrogen-bond donors (Lipinski definition) is 1. The number of amides is 1. The van der Waals surface area contributed by atoms with Gasteiger partial charge >= 0.3 is 0 Å². The lowest BCUT2D eigenvalue weighted by Gasteiger charge is -2.26. The molecular formula is C22H23N3O3S2. The van der Waals surface area contributed by atoms with E-state index in [9.17, 15) is 13.2 Å². The topological polar surface area (TPSA) is 79.4 Å². The highest BCUT2D eigenvalue weighted by molar-refractivity contribution is 7.93. The van der Waals surface area contributed by atoms with E-state index in [1.165, 1.54) is 11.3 Å². The maximum Gasteiger partial charge on any atom is 0.263 e. The minimum absolute atomic E-state index is 0.192. The fraction of sp³-hybridized carbons (Fsp3) is 0.273. The lowest BCUT2D eigenvalue weighted by atomic mass is 10.1. The number of nitrogens with zero attached hydrogens (tertiary/aromatic N) is 2. The summed E-state index contributed by atoms with van der Waals surface area (Å²) in [6, 6.07) is 16.6. The number of likely N-dealkylation sites (tertiary alicyclic amines) is 1. The van der Waals surface area contributed by atoms with Crippen LogP contribution in [0.25, 0.3) is 11.1 Å². The Labute approximate surface area is 180 Å². The normalized spacial score (nSPS) is 14.7. The largest absolute Gasteiger partial charge is 0.342 e. The van der Waals surface area contributed by atoms with Crippen LogP contribution < -0.4 is 4.72 Å². The minimum atomic E-state index is -3.71. The zero-order chi connectivity index (χ0) is 21.0. The van der Waals surface area contributed by atoms with Crippen LogP contribution in [0.3, 0.4) is 0 Å². The van der Waals surface area contributed by atoms with Gasteiger partial charge in [0.2, 0.25) is 5.91 Å². The van der Waals surface area contributed by atoms with Gasteiger partial charge in [-0.3, -0.25) is 9.52 Å². The number of sulfonamides is 1. The van der Waals surface area contributed by atoms with Crippen molar-refractivity contribution < 1.29 is 13.2 Å². The highest BCUT2D eigenvalue weighted by Crippen LogP contribution is 2.25. The van der Waals surface area contributed by atoms with E-state index in [2.05, 4.69) is 9.71 Å². The number of carbonyl (C=O) groups excluding carboxylic acids is 1. The average Bonchev–Trinajstić information content (AvgIpc) is 3.20. The third kappa shape index (κ3) is 4.88. The standard InChI is InChI=1S/C22H23N3O3S2/c26-21-8-4-5-14-25(21)15-13-19-16-23-22(29-19)24-30(27,28)20-11-9-18(10-12-20)17-6-2-1-3-7-17/h1-3,6-7,9-12,16H,4-5,8,13-15H2,(H,23,24). The third-order valence-corrected chi connectivity index (χ3v) is 7.55. The summed E-state index contributed by atoms with van der Waals surface area (Å²) in [6.07, 6.45) is 4.99. The Morgan fingerprint density at radius 1 is 1.00 bits per heavy atom. The average molecular weight is 442 g/mol. The second kappa shape index (κ2) is 8.97. The number of nitrogens with one attached hydrogen (secondary N) is 1. The van der Waals surface area contributed by atoms with Crippen molar-refractivity contribution in [1.29, 1.82) is 0 Å². The first-order valence-electron chi connectivity index (χ1n) is 9.92. The molecule has 1 aliphatic rings. The number of rotatable bonds is 7. The fourth-order valence-electron chi connectivity index (χ4n) is 3.44. The van der Waals surface area contributed by atoms with Crippen molar-refractivity contribution in [3.8, 4) is 11.1 Å². The van der Waals surface area contributed by atoms with Crippen LogP contribution in [0.15, 0.2) is 65.7 Å². The molecule has 0 bridgehead atoms. The van der Waals surface area contributed by atoms with E-state index in [0.29, 0.717) is 24.5 Å². The molecule has 0 aliphatic carbocycles. The molecule has 1 saturated heterocycles. The van der Waals surface area contributed by atoms with E-state index < -0.39 is 10.0 Å². The van der Waals surface area contributed by atoms with Gasteiger partial charge in [0.25, 0.3) is 10.0 Å². The Kier molecular flexibility index (Phi) is 6.15. The second-order valence-corrected chi connectivity index (χ2v) is 10.0. The molecular weight excluding hydrogens is 418 g/mol. The van der Waals surface area contributed by atoms with E-state index in [4.69, 9.17) is 0 Å². The zero-order valence-corrected chi connectivity index (χ0v) is 18.1. The highest BCUT2D eigenvalue weighted by Gasteiger charge is 2.19. The van der Waals surface area contributed by atoms with Crippen molar-refractivity contribution in [2.75, 3.05) is 17.8 Å². The van der Waals surface area contributed by atoms with Crippen molar-refractivity contribution in [2.24, 2.45) is 0 Å². The Hall–Kier alpha value is -2.71. The van der Waals surface area contributed by atoms with E-state index >= 15 is 0 Å². The summed E-state index contributed by atoms with van der Waals surface area (Å²) in [7, 11) is -3.71. The van der Waals surface area contributed by atoms with Gasteiger partial charge < -0.3 is 4.90 Å². The molecule has 2 aromatic carbocycles. The first-order chi connectivity index (χ1) is 14.5. The maximum atomic E-state index is 12.7. The molecule has 0 atom stereocenters. The van der Waals surface area contributed by atoms with Gasteiger partial charge in [-0.1, -0.05) is 42.5 Å². The number of benzene rings is 2. The maximum absolute atomic E-state index is 12.7. The number of carbonyl (C=O) groups is 1. The van der Waals surface area contributed by atoms with Gasteiger partial charge in [-0.05, 0) is 36.1 Å². The summed E-state index contributed by atoms with van der Waals surface area (Å²) >= 11 is 1.30. The molecule has 1 aromatic heterocycles. The van der Waals surface area contributed by atoms with Crippen LogP contribution in [0.4, 0.5) is 5.13 Å². The predicted molar refractivity (Wildman–Crippen MR) is 119 cm³/mol. The number of aromatic nitrogens is 1. The van der Waals surface area contributed by atoms with Crippen molar-refractivity contribution >= 4 is 32.4 Å². The number of anilines is 1. The van der Waals surface area contributed by atoms with Crippen molar-refractivity contribution in [3.63, 3.8) is 0 Å². The van der Waals surface area contributed by atoms with E-state index in [0.717, 1.165) is 35.4 Å². The molecule has 2 heterocycles. The van der Waals surface area contributed by atoms with Crippen molar-refractivity contribution in [2.45, 2.75) is 30.6 Å². The lowest BCUT2D eigenvalue weighted by Crippen LogP contribution is -2.36. The summed E-state index contributed by atoms with van der Waals surface area (Å²) in [6.45, 7) is 1.45. The third-order valence-electron chi connectivity index (χ3n) is 5.10. The van der Waals surface area contributed by atoms with Crippen molar-refractivity contribution in [3.05, 3.63) is 65.7 Å². The van der Waals surface area contributed by atoms with Crippen LogP contribution in [0.5, 0.6) is 0 Å². The lowest BCUT2D eigenvalue weighted by molar-refractivity contribution is -0.133. The Morgan fingerprint density at radius 2 is 1.73 bits per heavy atom. The SMILES string of the molecule is O=C1CCCCN1CCc1cnc(NS(=O)(=O)c2ccc(-c3ccccc3)cc2)s1. The Balaban J connectivity index is 1.39. The molecule has 4 rings (SSSR count). The van der Waals surface area contributed by atoms with Gasteiger partial charge in [0.1, 0.15) is 0 Å². The minimum Gasteiger partial charge on any atom is -0.342 e. The van der Waals surface area contributed by atoms with E-state index in [1.807, 2.05) is 35.2 Å². The summed E-state index contributed by atoms with van der Waals surface area (Å²) in [5.74, 6) is 0.200. The highest BCUT2D eigenvalue weighted by atomic mass is 32.2. The molecule has 1 aliphatic heterocycles. The van der Waals surface area contributed by atoms with Gasteiger partial charge in [0.15, 0.2) is 5.13 Å². The summed E-state index contributed by atoms with van der Waals surface area (Å²) < 4.78 is 28.0. The molecule has 0 unspecified atom stereocenters. The smallest absolute Gasteiger partial charge is 0.263 e. The molecule has 1 amide bonds. The monoisotopic (exact) mass is 441 g/mol. The quantitative estimate of drug-likeness (QED) is 0.597. The molecule has 1 N–H and O–H groups in total. The van der Waals surface area contributed by atoms with Crippen LogP contribution in [0.2, 0.25) is 0 Å². The van der Waals surface area contributed by atoms with Crippen LogP contribution in [-0.2, 0) is 21.2 Å². The van der Waals surface area contributed by atoms with Gasteiger partial charge in [-0.15, -0.1) is 11.3 Å². The van der Waals surface area contributed by atoms with Gasteiger partial charge in [-0.2, -0.15) is 0 Å². The van der Waals surface area contributed by atoms with Gasteiger partial charge in [0.05, 0.1) is 4.90 Å². The summed E-state index contributed by atoms with van der Waals surface area (Å²) in [5.41, 5.74) is 1.99. The molecule has 156 valence electrons. The molecule has 0 saturated carbocycles. The molecule has 6 nitrogen and oxygen atoms in total. The molecule has 30 heavy (non-hydrogen) atoms. The van der Waals surface area contributed by atoms with E-state index in [-0.39, 0.29) is 10.8 Å². The summed E-state index contributed by atoms with van der Waals surface area (Å²) in [5, 5.41) is 0.335. The first-order valence-corrected chi connectivity index (χ1v) is 12.2. The molecule has 0 radical (unpaired) electrons. The van der Waals surface area contributed by atoms with Crippen LogP contribution in [0.1, 0.15) is 24.1 Å². The van der Waals surface area contributed by atoms with Crippen molar-refractivity contribution in [1.82, 2.24) is 9.88 Å². The predicted octanol–water partition coefficient (Wildman–Crippen LogP) is 4.17. The first kappa shape index (κ1) is 20.6. The second-order valence-electron chi connectivity index (χ2n) is 7.22. The molecule has 0 spiro atoms. The molecule has 8 heteroatoms. The fourth-order valence-corrected chi connectivity index (χ4v) is 5.49. The Morgan fingerprint density at radius 3 is 2.47 bits per heavy atom. The molecule has 3 aromatic rings.